The quantitative estimate of drug-likeness (QED) is 0.181. The van der Waals surface area contributed by atoms with Gasteiger partial charge >= 0.3 is 0 Å². The summed E-state index contributed by atoms with van der Waals surface area (Å²) in [4.78, 5) is 24.6. The molecule has 0 fully saturated rings. The molecule has 0 saturated carbocycles. The molecule has 0 saturated heterocycles. The Balaban J connectivity index is 1.27. The van der Waals surface area contributed by atoms with Crippen LogP contribution in [0.1, 0.15) is 0 Å². The van der Waals surface area contributed by atoms with E-state index in [1.54, 1.807) is 6.20 Å². The number of hydrogen-bond donors (Lipinski definition) is 0. The zero-order valence-corrected chi connectivity index (χ0v) is 25.8. The van der Waals surface area contributed by atoms with E-state index in [-0.39, 0.29) is 0 Å². The van der Waals surface area contributed by atoms with Crippen LogP contribution < -0.4 is 0 Å². The summed E-state index contributed by atoms with van der Waals surface area (Å²) in [6.45, 7) is 0. The first-order chi connectivity index (χ1) is 23.8. The summed E-state index contributed by atoms with van der Waals surface area (Å²) in [5.74, 6) is 1.88. The highest BCUT2D eigenvalue weighted by Crippen LogP contribution is 2.39. The first kappa shape index (κ1) is 27.7. The molecule has 9 rings (SSSR count). The van der Waals surface area contributed by atoms with Crippen LogP contribution >= 0.6 is 0 Å². The molecule has 0 N–H and O–H groups in total. The molecular weight excluding hydrogens is 587 g/mol. The highest BCUT2D eigenvalue weighted by atomic mass is 15.0. The van der Waals surface area contributed by atoms with Gasteiger partial charge in [0.15, 0.2) is 17.5 Å². The van der Waals surface area contributed by atoms with Crippen LogP contribution in [0.15, 0.2) is 164 Å². The number of nitrogens with zero attached hydrogens (tertiary/aromatic N) is 5. The van der Waals surface area contributed by atoms with Gasteiger partial charge in [0.05, 0.1) is 11.2 Å². The third-order valence-electron chi connectivity index (χ3n) is 8.77. The number of pyridine rings is 2. The van der Waals surface area contributed by atoms with Crippen molar-refractivity contribution in [2.24, 2.45) is 0 Å². The van der Waals surface area contributed by atoms with Crippen LogP contribution in [0.2, 0.25) is 0 Å². The van der Waals surface area contributed by atoms with E-state index < -0.39 is 0 Å². The average Bonchev–Trinajstić information content (AvgIpc) is 3.18. The lowest BCUT2D eigenvalue weighted by Crippen LogP contribution is -2.00. The van der Waals surface area contributed by atoms with Gasteiger partial charge in [0.1, 0.15) is 0 Å². The summed E-state index contributed by atoms with van der Waals surface area (Å²) in [6, 6.07) is 52.0. The Bertz CT molecular complexity index is 2550. The van der Waals surface area contributed by atoms with Gasteiger partial charge in [-0.2, -0.15) is 0 Å². The second kappa shape index (κ2) is 11.6. The van der Waals surface area contributed by atoms with Crippen LogP contribution in [0.4, 0.5) is 0 Å². The van der Waals surface area contributed by atoms with E-state index in [1.165, 1.54) is 16.2 Å². The lowest BCUT2D eigenvalue weighted by atomic mass is 9.93. The lowest BCUT2D eigenvalue weighted by molar-refractivity contribution is 1.07. The molecule has 0 atom stereocenters. The fourth-order valence-electron chi connectivity index (χ4n) is 6.45. The SMILES string of the molecule is c1ccc(-c2nc(-c3ccccc3)nc(-c3cccc(-c4nc5cc(-c6cccnc6)ccc5c5c4ccc4ccccc45)c3)n2)cc1. The zero-order valence-electron chi connectivity index (χ0n) is 25.8. The number of rotatable bonds is 5. The van der Waals surface area contributed by atoms with Crippen LogP contribution in [0.3, 0.4) is 0 Å². The van der Waals surface area contributed by atoms with Gasteiger partial charge < -0.3 is 0 Å². The minimum atomic E-state index is 0.610. The van der Waals surface area contributed by atoms with Crippen molar-refractivity contribution in [2.75, 3.05) is 0 Å². The molecule has 5 nitrogen and oxygen atoms in total. The monoisotopic (exact) mass is 613 g/mol. The van der Waals surface area contributed by atoms with Crippen molar-refractivity contribution in [3.8, 4) is 56.5 Å². The highest BCUT2D eigenvalue weighted by Gasteiger charge is 2.17. The Morgan fingerprint density at radius 1 is 0.354 bits per heavy atom. The van der Waals surface area contributed by atoms with Gasteiger partial charge in [-0.3, -0.25) is 4.98 Å². The molecule has 0 radical (unpaired) electrons. The van der Waals surface area contributed by atoms with Crippen LogP contribution in [0.5, 0.6) is 0 Å². The van der Waals surface area contributed by atoms with Crippen molar-refractivity contribution in [1.29, 1.82) is 0 Å². The molecule has 0 amide bonds. The van der Waals surface area contributed by atoms with Crippen molar-refractivity contribution in [1.82, 2.24) is 24.9 Å². The van der Waals surface area contributed by atoms with Gasteiger partial charge in [-0.1, -0.05) is 133 Å². The summed E-state index contributed by atoms with van der Waals surface area (Å²) in [6.07, 6.45) is 3.69. The van der Waals surface area contributed by atoms with Gasteiger partial charge in [0, 0.05) is 56.4 Å². The summed E-state index contributed by atoms with van der Waals surface area (Å²) >= 11 is 0. The Kier molecular flexibility index (Phi) is 6.72. The van der Waals surface area contributed by atoms with E-state index in [0.29, 0.717) is 17.5 Å². The van der Waals surface area contributed by atoms with E-state index in [0.717, 1.165) is 55.4 Å². The van der Waals surface area contributed by atoms with Crippen LogP contribution in [-0.2, 0) is 0 Å². The molecule has 48 heavy (non-hydrogen) atoms. The molecule has 5 heteroatoms. The van der Waals surface area contributed by atoms with Gasteiger partial charge in [-0.25, -0.2) is 19.9 Å². The van der Waals surface area contributed by atoms with Gasteiger partial charge in [0.2, 0.25) is 0 Å². The van der Waals surface area contributed by atoms with Crippen molar-refractivity contribution in [3.05, 3.63) is 164 Å². The maximum atomic E-state index is 5.36. The van der Waals surface area contributed by atoms with Gasteiger partial charge in [0.25, 0.3) is 0 Å². The Labute approximate surface area is 277 Å². The number of benzene rings is 6. The summed E-state index contributed by atoms with van der Waals surface area (Å²) in [7, 11) is 0. The molecule has 224 valence electrons. The van der Waals surface area contributed by atoms with E-state index >= 15 is 0 Å². The second-order valence-electron chi connectivity index (χ2n) is 11.8. The zero-order chi connectivity index (χ0) is 31.9. The van der Waals surface area contributed by atoms with Gasteiger partial charge in [-0.05, 0) is 34.5 Å². The summed E-state index contributed by atoms with van der Waals surface area (Å²) in [5.41, 5.74) is 7.73. The topological polar surface area (TPSA) is 64.5 Å². The van der Waals surface area contributed by atoms with E-state index in [1.807, 2.05) is 72.9 Å². The first-order valence-corrected chi connectivity index (χ1v) is 15.9. The number of fused-ring (bicyclic) bond motifs is 5. The number of hydrogen-bond acceptors (Lipinski definition) is 5. The summed E-state index contributed by atoms with van der Waals surface area (Å²) in [5, 5.41) is 5.80. The van der Waals surface area contributed by atoms with Crippen LogP contribution in [0, 0.1) is 0 Å². The molecule has 6 aromatic carbocycles. The van der Waals surface area contributed by atoms with E-state index in [2.05, 4.69) is 89.9 Å². The first-order valence-electron chi connectivity index (χ1n) is 15.9. The van der Waals surface area contributed by atoms with Crippen molar-refractivity contribution < 1.29 is 0 Å². The second-order valence-corrected chi connectivity index (χ2v) is 11.8. The molecule has 0 aliphatic carbocycles. The predicted octanol–water partition coefficient (Wildman–Crippen LogP) is 10.5. The fraction of sp³-hybridized carbons (Fsp3) is 0. The smallest absolute Gasteiger partial charge is 0.164 e. The molecule has 0 aliphatic heterocycles. The average molecular weight is 614 g/mol. The third kappa shape index (κ3) is 4.95. The maximum absolute atomic E-state index is 5.36. The molecule has 3 aromatic heterocycles. The third-order valence-corrected chi connectivity index (χ3v) is 8.77. The minimum absolute atomic E-state index is 0.610. The Hall–Kier alpha value is -6.59. The molecule has 0 unspecified atom stereocenters. The fourth-order valence-corrected chi connectivity index (χ4v) is 6.45. The molecule has 0 bridgehead atoms. The van der Waals surface area contributed by atoms with E-state index in [9.17, 15) is 0 Å². The van der Waals surface area contributed by atoms with Crippen molar-refractivity contribution in [2.45, 2.75) is 0 Å². The highest BCUT2D eigenvalue weighted by molar-refractivity contribution is 6.22. The van der Waals surface area contributed by atoms with Crippen LogP contribution in [0.25, 0.3) is 89.0 Å². The minimum Gasteiger partial charge on any atom is -0.264 e. The molecule has 0 spiro atoms. The van der Waals surface area contributed by atoms with Crippen molar-refractivity contribution >= 4 is 32.4 Å². The largest absolute Gasteiger partial charge is 0.264 e. The lowest BCUT2D eigenvalue weighted by Gasteiger charge is -2.14. The van der Waals surface area contributed by atoms with E-state index in [4.69, 9.17) is 19.9 Å². The molecule has 0 aliphatic rings. The predicted molar refractivity (Wildman–Crippen MR) is 195 cm³/mol. The van der Waals surface area contributed by atoms with Crippen LogP contribution in [-0.4, -0.2) is 24.9 Å². The molecule has 3 heterocycles. The van der Waals surface area contributed by atoms with Gasteiger partial charge in [-0.15, -0.1) is 0 Å². The molecular formula is C43H27N5. The Morgan fingerprint density at radius 3 is 1.71 bits per heavy atom. The standard InChI is InChI=1S/C43H27N5/c1-3-12-29(13-4-1)41-46-42(30-14-5-2-6-15-30)48-43(47-41)33-17-9-16-32(25-33)40-37-23-20-28-11-7-8-19-35(28)39(37)36-22-21-31(26-38(36)45-40)34-18-10-24-44-27-34/h1-27H. The number of aromatic nitrogens is 5. The normalized spacial score (nSPS) is 11.3. The molecule has 9 aromatic rings. The maximum Gasteiger partial charge on any atom is 0.164 e. The van der Waals surface area contributed by atoms with Crippen molar-refractivity contribution in [3.63, 3.8) is 0 Å². The Morgan fingerprint density at radius 2 is 0.979 bits per heavy atom. The summed E-state index contributed by atoms with van der Waals surface area (Å²) < 4.78 is 0.